The Balaban J connectivity index is 1.72. The van der Waals surface area contributed by atoms with E-state index in [9.17, 15) is 22.9 Å². The van der Waals surface area contributed by atoms with Gasteiger partial charge in [0, 0.05) is 26.2 Å². The largest absolute Gasteiger partial charge is 0.363 e. The molecule has 2 aromatic carbocycles. The van der Waals surface area contributed by atoms with Gasteiger partial charge in [-0.1, -0.05) is 36.4 Å². The van der Waals surface area contributed by atoms with Gasteiger partial charge in [-0.25, -0.2) is 8.42 Å². The Morgan fingerprint density at radius 1 is 1.00 bits per heavy atom. The normalized spacial score (nSPS) is 15.8. The summed E-state index contributed by atoms with van der Waals surface area (Å²) in [5.41, 5.74) is 0.305. The summed E-state index contributed by atoms with van der Waals surface area (Å²) in [5, 5.41) is 11.1. The molecule has 0 amide bonds. The Morgan fingerprint density at radius 3 is 2.27 bits per heavy atom. The van der Waals surface area contributed by atoms with E-state index in [4.69, 9.17) is 0 Å². The van der Waals surface area contributed by atoms with Crippen LogP contribution in [0.2, 0.25) is 0 Å². The summed E-state index contributed by atoms with van der Waals surface area (Å²) in [6.45, 7) is 0.919. The second-order valence-corrected chi connectivity index (χ2v) is 7.96. The summed E-state index contributed by atoms with van der Waals surface area (Å²) >= 11 is 0. The molecule has 0 unspecified atom stereocenters. The van der Waals surface area contributed by atoms with E-state index in [0.717, 1.165) is 6.07 Å². The van der Waals surface area contributed by atoms with Crippen LogP contribution < -0.4 is 4.90 Å². The van der Waals surface area contributed by atoms with Crippen molar-refractivity contribution in [1.29, 1.82) is 0 Å². The standard InChI is InChI=1S/C17H18FN3O4S/c18-15-7-4-8-16(17(15)21(22)23)19-9-11-20(12-10-19)26(24,25)13-14-5-2-1-3-6-14/h1-8H,9-13H2. The number of halogens is 1. The molecule has 0 aromatic heterocycles. The summed E-state index contributed by atoms with van der Waals surface area (Å²) < 4.78 is 40.3. The molecule has 9 heteroatoms. The number of nitro groups is 1. The van der Waals surface area contributed by atoms with Crippen molar-refractivity contribution in [2.45, 2.75) is 5.75 Å². The van der Waals surface area contributed by atoms with E-state index in [1.54, 1.807) is 29.2 Å². The van der Waals surface area contributed by atoms with Crippen molar-refractivity contribution < 1.29 is 17.7 Å². The van der Waals surface area contributed by atoms with E-state index in [1.807, 2.05) is 6.07 Å². The summed E-state index contributed by atoms with van der Waals surface area (Å²) in [7, 11) is -3.48. The summed E-state index contributed by atoms with van der Waals surface area (Å²) in [6.07, 6.45) is 0. The van der Waals surface area contributed by atoms with Gasteiger partial charge >= 0.3 is 5.69 Å². The fourth-order valence-electron chi connectivity index (χ4n) is 3.02. The molecular formula is C17H18FN3O4S. The topological polar surface area (TPSA) is 83.8 Å². The Labute approximate surface area is 150 Å². The summed E-state index contributed by atoms with van der Waals surface area (Å²) in [5.74, 6) is -0.986. The highest BCUT2D eigenvalue weighted by molar-refractivity contribution is 7.88. The number of nitrogens with zero attached hydrogens (tertiary/aromatic N) is 3. The smallest absolute Gasteiger partial charge is 0.327 e. The van der Waals surface area contributed by atoms with E-state index >= 15 is 0 Å². The summed E-state index contributed by atoms with van der Waals surface area (Å²) in [6, 6.07) is 12.8. The molecule has 0 saturated carbocycles. The number of nitro benzene ring substituents is 1. The van der Waals surface area contributed by atoms with Gasteiger partial charge in [0.05, 0.1) is 10.7 Å². The van der Waals surface area contributed by atoms with Crippen molar-refractivity contribution in [3.63, 3.8) is 0 Å². The van der Waals surface area contributed by atoms with Crippen molar-refractivity contribution in [1.82, 2.24) is 4.31 Å². The minimum atomic E-state index is -3.48. The Morgan fingerprint density at radius 2 is 1.65 bits per heavy atom. The van der Waals surface area contributed by atoms with Crippen LogP contribution in [0, 0.1) is 15.9 Å². The van der Waals surface area contributed by atoms with Gasteiger partial charge in [0.1, 0.15) is 5.69 Å². The molecule has 1 saturated heterocycles. The molecule has 1 aliphatic rings. The lowest BCUT2D eigenvalue weighted by Gasteiger charge is -2.35. The number of sulfonamides is 1. The highest BCUT2D eigenvalue weighted by Gasteiger charge is 2.30. The van der Waals surface area contributed by atoms with Crippen LogP contribution in [0.4, 0.5) is 15.8 Å². The summed E-state index contributed by atoms with van der Waals surface area (Å²) in [4.78, 5) is 12.0. The number of benzene rings is 2. The van der Waals surface area contributed by atoms with Crippen molar-refractivity contribution in [3.05, 3.63) is 70.0 Å². The van der Waals surface area contributed by atoms with Crippen molar-refractivity contribution in [2.24, 2.45) is 0 Å². The molecule has 0 aliphatic carbocycles. The Hall–Kier alpha value is -2.52. The van der Waals surface area contributed by atoms with E-state index in [2.05, 4.69) is 0 Å². The lowest BCUT2D eigenvalue weighted by atomic mass is 10.2. The first-order valence-electron chi connectivity index (χ1n) is 8.08. The molecule has 2 aromatic rings. The number of anilines is 1. The molecular weight excluding hydrogens is 361 g/mol. The van der Waals surface area contributed by atoms with Gasteiger partial charge < -0.3 is 4.90 Å². The third-order valence-electron chi connectivity index (χ3n) is 4.31. The highest BCUT2D eigenvalue weighted by atomic mass is 32.2. The average Bonchev–Trinajstić information content (AvgIpc) is 2.62. The van der Waals surface area contributed by atoms with Crippen molar-refractivity contribution in [3.8, 4) is 0 Å². The first kappa shape index (κ1) is 18.3. The maximum Gasteiger partial charge on any atom is 0.327 e. The van der Waals surface area contributed by atoms with Crippen molar-refractivity contribution in [2.75, 3.05) is 31.1 Å². The third kappa shape index (κ3) is 3.83. The Kier molecular flexibility index (Phi) is 5.19. The van der Waals surface area contributed by atoms with Gasteiger partial charge in [-0.15, -0.1) is 0 Å². The van der Waals surface area contributed by atoms with Crippen LogP contribution in [0.15, 0.2) is 48.5 Å². The molecule has 26 heavy (non-hydrogen) atoms. The van der Waals surface area contributed by atoms with Gasteiger partial charge in [0.25, 0.3) is 0 Å². The molecule has 0 N–H and O–H groups in total. The second-order valence-electron chi connectivity index (χ2n) is 5.99. The van der Waals surface area contributed by atoms with E-state index in [-0.39, 0.29) is 37.6 Å². The van der Waals surface area contributed by atoms with Crippen LogP contribution in [-0.4, -0.2) is 43.8 Å². The number of hydrogen-bond acceptors (Lipinski definition) is 5. The van der Waals surface area contributed by atoms with Crippen LogP contribution in [0.25, 0.3) is 0 Å². The molecule has 1 fully saturated rings. The minimum Gasteiger partial charge on any atom is -0.363 e. The van der Waals surface area contributed by atoms with Crippen molar-refractivity contribution >= 4 is 21.4 Å². The van der Waals surface area contributed by atoms with Crippen LogP contribution in [0.1, 0.15) is 5.56 Å². The fourth-order valence-corrected chi connectivity index (χ4v) is 4.54. The predicted octanol–water partition coefficient (Wildman–Crippen LogP) is 2.39. The molecule has 0 spiro atoms. The first-order chi connectivity index (χ1) is 12.4. The lowest BCUT2D eigenvalue weighted by molar-refractivity contribution is -0.386. The molecule has 1 aliphatic heterocycles. The number of piperazine rings is 1. The average molecular weight is 379 g/mol. The second kappa shape index (κ2) is 7.38. The molecule has 3 rings (SSSR count). The molecule has 1 heterocycles. The highest BCUT2D eigenvalue weighted by Crippen LogP contribution is 2.31. The van der Waals surface area contributed by atoms with E-state index in [0.29, 0.717) is 5.56 Å². The quantitative estimate of drug-likeness (QED) is 0.588. The van der Waals surface area contributed by atoms with Gasteiger partial charge in [-0.2, -0.15) is 8.70 Å². The predicted molar refractivity (Wildman–Crippen MR) is 95.9 cm³/mol. The molecule has 0 atom stereocenters. The van der Waals surface area contributed by atoms with Crippen LogP contribution in [0.5, 0.6) is 0 Å². The zero-order chi connectivity index (χ0) is 18.7. The third-order valence-corrected chi connectivity index (χ3v) is 6.16. The maximum absolute atomic E-state index is 13.8. The Bertz CT molecular complexity index is 897. The van der Waals surface area contributed by atoms with E-state index < -0.39 is 26.5 Å². The SMILES string of the molecule is O=[N+]([O-])c1c(F)cccc1N1CCN(S(=O)(=O)Cc2ccccc2)CC1. The van der Waals surface area contributed by atoms with Crippen LogP contribution in [0.3, 0.4) is 0 Å². The molecule has 0 radical (unpaired) electrons. The maximum atomic E-state index is 13.8. The molecule has 0 bridgehead atoms. The van der Waals surface area contributed by atoms with Gasteiger partial charge in [0.15, 0.2) is 0 Å². The van der Waals surface area contributed by atoms with Gasteiger partial charge in [-0.3, -0.25) is 10.1 Å². The number of hydrogen-bond donors (Lipinski definition) is 0. The zero-order valence-electron chi connectivity index (χ0n) is 13.9. The molecule has 138 valence electrons. The van der Waals surface area contributed by atoms with Gasteiger partial charge in [0.2, 0.25) is 15.8 Å². The van der Waals surface area contributed by atoms with Crippen LogP contribution in [-0.2, 0) is 15.8 Å². The van der Waals surface area contributed by atoms with Crippen LogP contribution >= 0.6 is 0 Å². The zero-order valence-corrected chi connectivity index (χ0v) is 14.7. The number of para-hydroxylation sites is 1. The first-order valence-corrected chi connectivity index (χ1v) is 9.69. The lowest BCUT2D eigenvalue weighted by Crippen LogP contribution is -2.49. The van der Waals surface area contributed by atoms with Gasteiger partial charge in [-0.05, 0) is 17.7 Å². The monoisotopic (exact) mass is 379 g/mol. The van der Waals surface area contributed by atoms with E-state index in [1.165, 1.54) is 16.4 Å². The minimum absolute atomic E-state index is 0.0893. The molecule has 7 nitrogen and oxygen atoms in total. The number of rotatable bonds is 5. The fraction of sp³-hybridized carbons (Fsp3) is 0.294.